The van der Waals surface area contributed by atoms with Crippen molar-refractivity contribution in [1.29, 1.82) is 0 Å². The molecule has 0 aliphatic rings. The van der Waals surface area contributed by atoms with Crippen molar-refractivity contribution in [3.8, 4) is 0 Å². The molecule has 0 aromatic heterocycles. The summed E-state index contributed by atoms with van der Waals surface area (Å²) in [7, 11) is 2.04. The fraction of sp³-hybridized carbons (Fsp3) is 0.600. The van der Waals surface area contributed by atoms with Gasteiger partial charge in [-0.1, -0.05) is 50.4 Å². The van der Waals surface area contributed by atoms with Crippen molar-refractivity contribution in [2.24, 2.45) is 11.8 Å². The Hall–Kier alpha value is -0.530. The highest BCUT2D eigenvalue weighted by Crippen LogP contribution is 2.24. The summed E-state index contributed by atoms with van der Waals surface area (Å²) in [6.45, 7) is 5.66. The zero-order valence-electron chi connectivity index (χ0n) is 11.2. The molecule has 1 aromatic rings. The van der Waals surface area contributed by atoms with Crippen LogP contribution in [0, 0.1) is 11.8 Å². The summed E-state index contributed by atoms with van der Waals surface area (Å²) < 4.78 is 0. The lowest BCUT2D eigenvalue weighted by Gasteiger charge is -2.25. The van der Waals surface area contributed by atoms with E-state index in [4.69, 9.17) is 11.6 Å². The molecule has 1 aromatic carbocycles. The van der Waals surface area contributed by atoms with Crippen LogP contribution in [-0.4, -0.2) is 13.6 Å². The minimum atomic E-state index is 0.702. The first-order valence-electron chi connectivity index (χ1n) is 6.60. The van der Waals surface area contributed by atoms with Gasteiger partial charge in [-0.25, -0.2) is 0 Å². The van der Waals surface area contributed by atoms with Crippen LogP contribution in [-0.2, 0) is 6.42 Å². The van der Waals surface area contributed by atoms with Crippen molar-refractivity contribution in [1.82, 2.24) is 5.32 Å². The van der Waals surface area contributed by atoms with Gasteiger partial charge in [-0.15, -0.1) is 0 Å². The van der Waals surface area contributed by atoms with Gasteiger partial charge in [0.15, 0.2) is 0 Å². The van der Waals surface area contributed by atoms with Gasteiger partial charge in [0.05, 0.1) is 0 Å². The first-order chi connectivity index (χ1) is 8.21. The summed E-state index contributed by atoms with van der Waals surface area (Å²) in [5.74, 6) is 1.50. The lowest BCUT2D eigenvalue weighted by Crippen LogP contribution is -2.27. The molecule has 1 nitrogen and oxygen atoms in total. The van der Waals surface area contributed by atoms with Crippen LogP contribution in [0.25, 0.3) is 0 Å². The van der Waals surface area contributed by atoms with Crippen LogP contribution in [0.15, 0.2) is 24.3 Å². The normalized spacial score (nSPS) is 13.0. The SMILES string of the molecule is CCC(CC)C(CNC)Cc1cccc(Cl)c1. The second kappa shape index (κ2) is 7.73. The highest BCUT2D eigenvalue weighted by Gasteiger charge is 2.18. The number of hydrogen-bond acceptors (Lipinski definition) is 1. The average molecular weight is 254 g/mol. The van der Waals surface area contributed by atoms with Crippen molar-refractivity contribution < 1.29 is 0 Å². The first kappa shape index (κ1) is 14.5. The van der Waals surface area contributed by atoms with E-state index in [0.717, 1.165) is 23.9 Å². The number of nitrogens with one attached hydrogen (secondary N) is 1. The summed E-state index contributed by atoms with van der Waals surface area (Å²) in [6.07, 6.45) is 3.63. The summed E-state index contributed by atoms with van der Waals surface area (Å²) in [6, 6.07) is 8.25. The van der Waals surface area contributed by atoms with Gasteiger partial charge in [-0.05, 0) is 49.5 Å². The van der Waals surface area contributed by atoms with Gasteiger partial charge in [0.1, 0.15) is 0 Å². The molecule has 2 heteroatoms. The molecule has 0 saturated carbocycles. The van der Waals surface area contributed by atoms with Crippen LogP contribution in [0.2, 0.25) is 5.02 Å². The zero-order chi connectivity index (χ0) is 12.7. The molecule has 1 atom stereocenters. The number of halogens is 1. The Morgan fingerprint density at radius 3 is 2.41 bits per heavy atom. The van der Waals surface area contributed by atoms with E-state index >= 15 is 0 Å². The molecule has 17 heavy (non-hydrogen) atoms. The van der Waals surface area contributed by atoms with Crippen LogP contribution < -0.4 is 5.32 Å². The van der Waals surface area contributed by atoms with Gasteiger partial charge in [-0.2, -0.15) is 0 Å². The third-order valence-corrected chi connectivity index (χ3v) is 3.80. The highest BCUT2D eigenvalue weighted by atomic mass is 35.5. The molecule has 0 aliphatic heterocycles. The zero-order valence-corrected chi connectivity index (χ0v) is 11.9. The van der Waals surface area contributed by atoms with E-state index in [1.54, 1.807) is 0 Å². The maximum atomic E-state index is 6.04. The molecular weight excluding hydrogens is 230 g/mol. The molecule has 96 valence electrons. The first-order valence-corrected chi connectivity index (χ1v) is 6.98. The molecular formula is C15H24ClN. The third kappa shape index (κ3) is 4.69. The van der Waals surface area contributed by atoms with Crippen LogP contribution in [0.3, 0.4) is 0 Å². The Labute approximate surface area is 111 Å². The fourth-order valence-electron chi connectivity index (χ4n) is 2.59. The minimum Gasteiger partial charge on any atom is -0.319 e. The van der Waals surface area contributed by atoms with E-state index in [1.807, 2.05) is 19.2 Å². The van der Waals surface area contributed by atoms with Gasteiger partial charge in [0.25, 0.3) is 0 Å². The average Bonchev–Trinajstić information content (AvgIpc) is 2.31. The second-order valence-electron chi connectivity index (χ2n) is 4.73. The summed E-state index contributed by atoms with van der Waals surface area (Å²) >= 11 is 6.04. The number of benzene rings is 1. The molecule has 1 unspecified atom stereocenters. The maximum Gasteiger partial charge on any atom is 0.0408 e. The van der Waals surface area contributed by atoms with Gasteiger partial charge in [0.2, 0.25) is 0 Å². The van der Waals surface area contributed by atoms with Gasteiger partial charge >= 0.3 is 0 Å². The minimum absolute atomic E-state index is 0.702. The second-order valence-corrected chi connectivity index (χ2v) is 5.16. The molecule has 0 aliphatic carbocycles. The van der Waals surface area contributed by atoms with E-state index in [0.29, 0.717) is 5.92 Å². The van der Waals surface area contributed by atoms with Crippen LogP contribution >= 0.6 is 11.6 Å². The standard InChI is InChI=1S/C15H24ClN/c1-4-13(5-2)14(11-17-3)9-12-7-6-8-15(16)10-12/h6-8,10,13-14,17H,4-5,9,11H2,1-3H3. The third-order valence-electron chi connectivity index (χ3n) is 3.57. The maximum absolute atomic E-state index is 6.04. The summed E-state index contributed by atoms with van der Waals surface area (Å²) in [5, 5.41) is 4.16. The van der Waals surface area contributed by atoms with E-state index in [1.165, 1.54) is 18.4 Å². The lowest BCUT2D eigenvalue weighted by molar-refractivity contribution is 0.304. The van der Waals surface area contributed by atoms with E-state index in [-0.39, 0.29) is 0 Å². The molecule has 0 amide bonds. The van der Waals surface area contributed by atoms with Crippen LogP contribution in [0.1, 0.15) is 32.3 Å². The van der Waals surface area contributed by atoms with Crippen molar-refractivity contribution in [3.05, 3.63) is 34.9 Å². The Morgan fingerprint density at radius 2 is 1.88 bits per heavy atom. The number of hydrogen-bond donors (Lipinski definition) is 1. The van der Waals surface area contributed by atoms with Crippen LogP contribution in [0.4, 0.5) is 0 Å². The number of rotatable bonds is 7. The van der Waals surface area contributed by atoms with Crippen molar-refractivity contribution in [3.63, 3.8) is 0 Å². The molecule has 1 rings (SSSR count). The predicted octanol–water partition coefficient (Wildman–Crippen LogP) is 4.15. The Morgan fingerprint density at radius 1 is 1.18 bits per heavy atom. The molecule has 0 spiro atoms. The topological polar surface area (TPSA) is 12.0 Å². The summed E-state index contributed by atoms with van der Waals surface area (Å²) in [5.41, 5.74) is 1.35. The summed E-state index contributed by atoms with van der Waals surface area (Å²) in [4.78, 5) is 0. The molecule has 0 saturated heterocycles. The Balaban J connectivity index is 2.71. The molecule has 0 fully saturated rings. The van der Waals surface area contributed by atoms with Gasteiger partial charge in [-0.3, -0.25) is 0 Å². The van der Waals surface area contributed by atoms with Gasteiger partial charge < -0.3 is 5.32 Å². The smallest absolute Gasteiger partial charge is 0.0408 e. The van der Waals surface area contributed by atoms with Crippen molar-refractivity contribution >= 4 is 11.6 Å². The van der Waals surface area contributed by atoms with E-state index < -0.39 is 0 Å². The Bertz CT molecular complexity index is 320. The van der Waals surface area contributed by atoms with Crippen molar-refractivity contribution in [2.75, 3.05) is 13.6 Å². The molecule has 0 radical (unpaired) electrons. The van der Waals surface area contributed by atoms with E-state index in [2.05, 4.69) is 31.3 Å². The molecule has 0 bridgehead atoms. The Kier molecular flexibility index (Phi) is 6.61. The fourth-order valence-corrected chi connectivity index (χ4v) is 2.80. The monoisotopic (exact) mass is 253 g/mol. The van der Waals surface area contributed by atoms with Gasteiger partial charge in [0, 0.05) is 5.02 Å². The lowest BCUT2D eigenvalue weighted by atomic mass is 9.83. The highest BCUT2D eigenvalue weighted by molar-refractivity contribution is 6.30. The predicted molar refractivity (Wildman–Crippen MR) is 76.6 cm³/mol. The molecule has 1 N–H and O–H groups in total. The largest absolute Gasteiger partial charge is 0.319 e. The molecule has 0 heterocycles. The quantitative estimate of drug-likeness (QED) is 0.770. The van der Waals surface area contributed by atoms with Crippen molar-refractivity contribution in [2.45, 2.75) is 33.1 Å². The van der Waals surface area contributed by atoms with Crippen LogP contribution in [0.5, 0.6) is 0 Å². The van der Waals surface area contributed by atoms with E-state index in [9.17, 15) is 0 Å².